The normalized spacial score (nSPS) is 15.0. The highest BCUT2D eigenvalue weighted by Crippen LogP contribution is 2.43. The molecule has 1 amide bonds. The van der Waals surface area contributed by atoms with Gasteiger partial charge in [0.25, 0.3) is 5.91 Å². The van der Waals surface area contributed by atoms with E-state index in [9.17, 15) is 4.79 Å². The highest BCUT2D eigenvalue weighted by atomic mass is 32.2. The van der Waals surface area contributed by atoms with E-state index in [1.807, 2.05) is 59.9 Å². The van der Waals surface area contributed by atoms with Crippen molar-refractivity contribution in [2.75, 3.05) is 18.6 Å². The molecule has 2 aromatic rings. The van der Waals surface area contributed by atoms with Crippen LogP contribution in [0, 0.1) is 0 Å². The Labute approximate surface area is 151 Å². The number of carbonyl (C=O) groups excluding carboxylic acids is 1. The van der Waals surface area contributed by atoms with Crippen LogP contribution in [0.2, 0.25) is 0 Å². The second-order valence-electron chi connectivity index (χ2n) is 5.58. The first kappa shape index (κ1) is 17.2. The molecule has 1 N–H and O–H groups in total. The van der Waals surface area contributed by atoms with E-state index in [0.717, 1.165) is 11.3 Å². The van der Waals surface area contributed by atoms with Crippen LogP contribution in [0.1, 0.15) is 32.5 Å². The molecule has 0 aromatic heterocycles. The monoisotopic (exact) mass is 359 g/mol. The Balaban J connectivity index is 1.56. The molecule has 0 bridgehead atoms. The van der Waals surface area contributed by atoms with Gasteiger partial charge >= 0.3 is 0 Å². The fourth-order valence-corrected chi connectivity index (χ4v) is 5.39. The summed E-state index contributed by atoms with van der Waals surface area (Å²) in [6.45, 7) is 0.513. The summed E-state index contributed by atoms with van der Waals surface area (Å²) in [5.74, 6) is 3.23. The zero-order valence-electron chi connectivity index (χ0n) is 13.7. The van der Waals surface area contributed by atoms with Crippen LogP contribution >= 0.6 is 23.5 Å². The van der Waals surface area contributed by atoms with Crippen molar-refractivity contribution in [1.29, 1.82) is 0 Å². The Morgan fingerprint density at radius 2 is 1.75 bits per heavy atom. The minimum Gasteiger partial charge on any atom is -0.497 e. The van der Waals surface area contributed by atoms with E-state index in [1.165, 1.54) is 23.5 Å². The van der Waals surface area contributed by atoms with Crippen molar-refractivity contribution in [3.63, 3.8) is 0 Å². The number of hydrogen-bond donors (Lipinski definition) is 1. The third-order valence-corrected chi connectivity index (χ3v) is 6.90. The molecule has 3 rings (SSSR count). The molecule has 1 aliphatic rings. The van der Waals surface area contributed by atoms with E-state index in [2.05, 4.69) is 17.4 Å². The van der Waals surface area contributed by atoms with Gasteiger partial charge in [0.05, 0.1) is 11.7 Å². The molecule has 24 heavy (non-hydrogen) atoms. The summed E-state index contributed by atoms with van der Waals surface area (Å²) in [6, 6.07) is 15.7. The molecule has 1 heterocycles. The van der Waals surface area contributed by atoms with Crippen molar-refractivity contribution in [3.05, 3.63) is 65.2 Å². The summed E-state index contributed by atoms with van der Waals surface area (Å²) >= 11 is 3.99. The van der Waals surface area contributed by atoms with Gasteiger partial charge < -0.3 is 10.1 Å². The van der Waals surface area contributed by atoms with E-state index in [0.29, 0.717) is 16.7 Å². The molecule has 1 aliphatic heterocycles. The van der Waals surface area contributed by atoms with Crippen LogP contribution in [0.3, 0.4) is 0 Å². The summed E-state index contributed by atoms with van der Waals surface area (Å²) in [6.07, 6.45) is 1.29. The van der Waals surface area contributed by atoms with Crippen LogP contribution in [0.5, 0.6) is 5.75 Å². The van der Waals surface area contributed by atoms with Gasteiger partial charge in [0.2, 0.25) is 0 Å². The lowest BCUT2D eigenvalue weighted by atomic mass is 10.1. The minimum absolute atomic E-state index is 0.0404. The molecule has 3 nitrogen and oxygen atoms in total. The number of nitrogens with one attached hydrogen (secondary N) is 1. The van der Waals surface area contributed by atoms with Crippen LogP contribution in [0.25, 0.3) is 0 Å². The summed E-state index contributed by atoms with van der Waals surface area (Å²) in [5.41, 5.74) is 3.06. The first-order chi connectivity index (χ1) is 11.8. The van der Waals surface area contributed by atoms with Crippen LogP contribution in [-0.2, 0) is 6.54 Å². The summed E-state index contributed by atoms with van der Waals surface area (Å²) in [5, 5.41) is 2.96. The molecule has 0 spiro atoms. The molecular weight excluding hydrogens is 338 g/mol. The number of hydrogen-bond acceptors (Lipinski definition) is 4. The molecule has 0 aliphatic carbocycles. The van der Waals surface area contributed by atoms with E-state index < -0.39 is 0 Å². The number of methoxy groups -OCH3 is 1. The Bertz CT molecular complexity index is 665. The first-order valence-corrected chi connectivity index (χ1v) is 10.1. The van der Waals surface area contributed by atoms with E-state index in [4.69, 9.17) is 4.74 Å². The topological polar surface area (TPSA) is 38.3 Å². The van der Waals surface area contributed by atoms with Crippen molar-refractivity contribution >= 4 is 29.4 Å². The van der Waals surface area contributed by atoms with E-state index in [-0.39, 0.29) is 5.91 Å². The lowest BCUT2D eigenvalue weighted by Gasteiger charge is -2.21. The number of amides is 1. The second-order valence-corrected chi connectivity index (χ2v) is 8.30. The Kier molecular flexibility index (Phi) is 6.10. The van der Waals surface area contributed by atoms with Crippen molar-refractivity contribution in [2.45, 2.75) is 17.5 Å². The largest absolute Gasteiger partial charge is 0.497 e. The van der Waals surface area contributed by atoms with Crippen LogP contribution in [-0.4, -0.2) is 24.5 Å². The van der Waals surface area contributed by atoms with Gasteiger partial charge in [-0.2, -0.15) is 0 Å². The van der Waals surface area contributed by atoms with Crippen LogP contribution in [0.4, 0.5) is 0 Å². The lowest BCUT2D eigenvalue weighted by molar-refractivity contribution is 0.0951. The molecule has 1 fully saturated rings. The molecule has 1 saturated heterocycles. The average Bonchev–Trinajstić information content (AvgIpc) is 2.67. The third-order valence-electron chi connectivity index (χ3n) is 3.88. The zero-order valence-corrected chi connectivity index (χ0v) is 15.3. The highest BCUT2D eigenvalue weighted by molar-refractivity contribution is 8.16. The fraction of sp³-hybridized carbons (Fsp3) is 0.316. The van der Waals surface area contributed by atoms with Gasteiger partial charge in [-0.3, -0.25) is 4.79 Å². The zero-order chi connectivity index (χ0) is 16.8. The SMILES string of the molecule is COc1ccc(CNC(=O)c2ccc(C3SCCCS3)cc2)cc1. The highest BCUT2D eigenvalue weighted by Gasteiger charge is 2.16. The number of thioether (sulfide) groups is 2. The van der Waals surface area contributed by atoms with Crippen molar-refractivity contribution in [1.82, 2.24) is 5.32 Å². The minimum atomic E-state index is -0.0404. The second kappa shape index (κ2) is 8.49. The maximum atomic E-state index is 12.3. The number of carbonyl (C=O) groups is 1. The fourth-order valence-electron chi connectivity index (χ4n) is 2.50. The van der Waals surface area contributed by atoms with E-state index >= 15 is 0 Å². The molecule has 0 radical (unpaired) electrons. The summed E-state index contributed by atoms with van der Waals surface area (Å²) in [7, 11) is 1.64. The van der Waals surface area contributed by atoms with Crippen LogP contribution < -0.4 is 10.1 Å². The molecular formula is C19H21NO2S2. The van der Waals surface area contributed by atoms with Gasteiger partial charge in [0.1, 0.15) is 5.75 Å². The number of benzene rings is 2. The molecule has 0 saturated carbocycles. The average molecular weight is 360 g/mol. The first-order valence-electron chi connectivity index (χ1n) is 8.00. The summed E-state index contributed by atoms with van der Waals surface area (Å²) in [4.78, 5) is 12.3. The predicted octanol–water partition coefficient (Wildman–Crippen LogP) is 4.49. The summed E-state index contributed by atoms with van der Waals surface area (Å²) < 4.78 is 5.64. The Morgan fingerprint density at radius 3 is 2.38 bits per heavy atom. The number of rotatable bonds is 5. The van der Waals surface area contributed by atoms with E-state index in [1.54, 1.807) is 7.11 Å². The maximum Gasteiger partial charge on any atom is 0.251 e. The molecule has 2 aromatic carbocycles. The Morgan fingerprint density at radius 1 is 1.08 bits per heavy atom. The standard InChI is InChI=1S/C19H21NO2S2/c1-22-17-9-3-14(4-10-17)13-20-18(21)15-5-7-16(8-6-15)19-23-11-2-12-24-19/h3-10,19H,2,11-13H2,1H3,(H,20,21). The van der Waals surface area contributed by atoms with Gasteiger partial charge in [-0.15, -0.1) is 23.5 Å². The lowest BCUT2D eigenvalue weighted by Crippen LogP contribution is -2.22. The molecule has 0 unspecified atom stereocenters. The van der Waals surface area contributed by atoms with Crippen molar-refractivity contribution in [2.24, 2.45) is 0 Å². The Hall–Kier alpha value is -1.59. The van der Waals surface area contributed by atoms with Crippen molar-refractivity contribution in [3.8, 4) is 5.75 Å². The van der Waals surface area contributed by atoms with Gasteiger partial charge in [0.15, 0.2) is 0 Å². The predicted molar refractivity (Wildman–Crippen MR) is 103 cm³/mol. The number of ether oxygens (including phenoxy) is 1. The van der Waals surface area contributed by atoms with Crippen molar-refractivity contribution < 1.29 is 9.53 Å². The van der Waals surface area contributed by atoms with Gasteiger partial charge in [-0.05, 0) is 53.3 Å². The molecule has 5 heteroatoms. The quantitative estimate of drug-likeness (QED) is 0.853. The molecule has 126 valence electrons. The van der Waals surface area contributed by atoms with Crippen LogP contribution in [0.15, 0.2) is 48.5 Å². The van der Waals surface area contributed by atoms with Gasteiger partial charge in [0, 0.05) is 12.1 Å². The maximum absolute atomic E-state index is 12.3. The third kappa shape index (κ3) is 4.48. The van der Waals surface area contributed by atoms with Gasteiger partial charge in [-0.1, -0.05) is 24.3 Å². The molecule has 0 atom stereocenters. The smallest absolute Gasteiger partial charge is 0.251 e. The van der Waals surface area contributed by atoms with Gasteiger partial charge in [-0.25, -0.2) is 0 Å².